The van der Waals surface area contributed by atoms with Crippen molar-refractivity contribution in [2.75, 3.05) is 17.3 Å². The first-order valence-corrected chi connectivity index (χ1v) is 5.72. The van der Waals surface area contributed by atoms with E-state index in [-0.39, 0.29) is 0 Å². The maximum Gasteiger partial charge on any atom is 0.148 e. The maximum absolute atomic E-state index is 5.87. The van der Waals surface area contributed by atoms with Crippen molar-refractivity contribution in [3.8, 4) is 0 Å². The molecule has 0 amide bonds. The van der Waals surface area contributed by atoms with Crippen LogP contribution in [0.3, 0.4) is 0 Å². The fourth-order valence-corrected chi connectivity index (χ4v) is 1.69. The van der Waals surface area contributed by atoms with E-state index in [9.17, 15) is 0 Å². The van der Waals surface area contributed by atoms with Gasteiger partial charge < -0.3 is 5.32 Å². The molecule has 72 valence electrons. The minimum Gasteiger partial charge on any atom is -0.365 e. The fraction of sp³-hybridized carbons (Fsp3) is 0.500. The summed E-state index contributed by atoms with van der Waals surface area (Å²) >= 11 is 7.66. The Morgan fingerprint density at radius 1 is 1.69 bits per heavy atom. The third-order valence-electron chi connectivity index (χ3n) is 1.47. The van der Waals surface area contributed by atoms with Crippen LogP contribution >= 0.6 is 23.4 Å². The summed E-state index contributed by atoms with van der Waals surface area (Å²) in [5, 5.41) is 3.77. The average Bonchev–Trinajstić information content (AvgIpc) is 2.09. The van der Waals surface area contributed by atoms with Crippen LogP contribution in [0.25, 0.3) is 0 Å². The molecule has 1 aromatic rings. The minimum atomic E-state index is 0.363. The van der Waals surface area contributed by atoms with Crippen molar-refractivity contribution in [2.45, 2.75) is 13.0 Å². The Kier molecular flexibility index (Phi) is 4.32. The average molecular weight is 218 g/mol. The van der Waals surface area contributed by atoms with E-state index in [4.69, 9.17) is 11.6 Å². The number of anilines is 1. The molecule has 0 bridgehead atoms. The second-order valence-electron chi connectivity index (χ2n) is 2.72. The van der Waals surface area contributed by atoms with Crippen molar-refractivity contribution in [3.05, 3.63) is 17.5 Å². The van der Waals surface area contributed by atoms with Gasteiger partial charge in [0.25, 0.3) is 0 Å². The summed E-state index contributed by atoms with van der Waals surface area (Å²) < 4.78 is 0. The quantitative estimate of drug-likeness (QED) is 0.840. The molecule has 0 fully saturated rings. The lowest BCUT2D eigenvalue weighted by Gasteiger charge is -2.13. The van der Waals surface area contributed by atoms with Gasteiger partial charge in [-0.1, -0.05) is 11.6 Å². The molecule has 0 saturated heterocycles. The largest absolute Gasteiger partial charge is 0.365 e. The highest BCUT2D eigenvalue weighted by Gasteiger charge is 2.04. The van der Waals surface area contributed by atoms with Crippen LogP contribution in [0, 0.1) is 0 Å². The molecule has 0 aliphatic heterocycles. The molecule has 1 atom stereocenters. The Morgan fingerprint density at radius 3 is 3.08 bits per heavy atom. The number of hydrogen-bond acceptors (Lipinski definition) is 4. The topological polar surface area (TPSA) is 37.8 Å². The summed E-state index contributed by atoms with van der Waals surface area (Å²) in [6.45, 7) is 2.09. The third-order valence-corrected chi connectivity index (χ3v) is 2.58. The molecule has 0 radical (unpaired) electrons. The van der Waals surface area contributed by atoms with E-state index in [0.29, 0.717) is 16.9 Å². The van der Waals surface area contributed by atoms with Gasteiger partial charge >= 0.3 is 0 Å². The smallest absolute Gasteiger partial charge is 0.148 e. The van der Waals surface area contributed by atoms with Gasteiger partial charge in [0.2, 0.25) is 0 Å². The van der Waals surface area contributed by atoms with Gasteiger partial charge in [0.05, 0.1) is 6.20 Å². The number of halogens is 1. The SMILES string of the molecule is CSCC(C)Nc1ncncc1Cl. The lowest BCUT2D eigenvalue weighted by atomic mass is 10.4. The zero-order valence-electron chi connectivity index (χ0n) is 7.62. The van der Waals surface area contributed by atoms with Crippen LogP contribution in [0.4, 0.5) is 5.82 Å². The molecular formula is C8H12ClN3S. The highest BCUT2D eigenvalue weighted by atomic mass is 35.5. The van der Waals surface area contributed by atoms with Gasteiger partial charge in [-0.15, -0.1) is 0 Å². The first-order valence-electron chi connectivity index (χ1n) is 3.95. The maximum atomic E-state index is 5.87. The van der Waals surface area contributed by atoms with E-state index in [0.717, 1.165) is 5.75 Å². The van der Waals surface area contributed by atoms with Crippen LogP contribution in [0.2, 0.25) is 5.02 Å². The molecule has 0 spiro atoms. The van der Waals surface area contributed by atoms with Gasteiger partial charge in [0.15, 0.2) is 0 Å². The lowest BCUT2D eigenvalue weighted by molar-refractivity contribution is 0.900. The molecule has 0 aromatic carbocycles. The van der Waals surface area contributed by atoms with Gasteiger partial charge in [-0.05, 0) is 13.2 Å². The number of nitrogens with zero attached hydrogens (tertiary/aromatic N) is 2. The van der Waals surface area contributed by atoms with E-state index < -0.39 is 0 Å². The second-order valence-corrected chi connectivity index (χ2v) is 4.04. The highest BCUT2D eigenvalue weighted by molar-refractivity contribution is 7.98. The van der Waals surface area contributed by atoms with Crippen molar-refractivity contribution in [3.63, 3.8) is 0 Å². The Bertz CT molecular complexity index is 269. The summed E-state index contributed by atoms with van der Waals surface area (Å²) in [4.78, 5) is 7.85. The van der Waals surface area contributed by atoms with Crippen molar-refractivity contribution in [2.24, 2.45) is 0 Å². The molecular weight excluding hydrogens is 206 g/mol. The third kappa shape index (κ3) is 3.40. The molecule has 1 N–H and O–H groups in total. The molecule has 1 heterocycles. The van der Waals surface area contributed by atoms with Gasteiger partial charge in [-0.2, -0.15) is 11.8 Å². The van der Waals surface area contributed by atoms with Gasteiger partial charge in [0, 0.05) is 11.8 Å². The molecule has 0 aliphatic carbocycles. The van der Waals surface area contributed by atoms with Crippen LogP contribution < -0.4 is 5.32 Å². The summed E-state index contributed by atoms with van der Waals surface area (Å²) in [7, 11) is 0. The molecule has 1 aromatic heterocycles. The highest BCUT2D eigenvalue weighted by Crippen LogP contribution is 2.17. The fourth-order valence-electron chi connectivity index (χ4n) is 0.944. The zero-order valence-corrected chi connectivity index (χ0v) is 9.19. The Morgan fingerprint density at radius 2 is 2.46 bits per heavy atom. The molecule has 1 rings (SSSR count). The molecule has 0 aliphatic rings. The first-order chi connectivity index (χ1) is 6.24. The molecule has 3 nitrogen and oxygen atoms in total. The van der Waals surface area contributed by atoms with E-state index in [1.54, 1.807) is 18.0 Å². The summed E-state index contributed by atoms with van der Waals surface area (Å²) in [5.41, 5.74) is 0. The minimum absolute atomic E-state index is 0.363. The number of thioether (sulfide) groups is 1. The van der Waals surface area contributed by atoms with Crippen molar-refractivity contribution >= 4 is 29.2 Å². The Labute approximate surface area is 87.3 Å². The molecule has 13 heavy (non-hydrogen) atoms. The predicted octanol–water partition coefficient (Wildman–Crippen LogP) is 2.29. The number of nitrogens with one attached hydrogen (secondary N) is 1. The first kappa shape index (κ1) is 10.6. The van der Waals surface area contributed by atoms with E-state index in [1.165, 1.54) is 6.33 Å². The second kappa shape index (κ2) is 5.29. The summed E-state index contributed by atoms with van der Waals surface area (Å²) in [5.74, 6) is 1.73. The van der Waals surface area contributed by atoms with Crippen molar-refractivity contribution < 1.29 is 0 Å². The number of rotatable bonds is 4. The number of hydrogen-bond donors (Lipinski definition) is 1. The van der Waals surface area contributed by atoms with Crippen LogP contribution in [-0.2, 0) is 0 Å². The van der Waals surface area contributed by atoms with E-state index in [1.807, 2.05) is 0 Å². The standard InChI is InChI=1S/C8H12ClN3S/c1-6(4-13-2)12-8-7(9)3-10-5-11-8/h3,5-6H,4H2,1-2H3,(H,10,11,12). The van der Waals surface area contributed by atoms with E-state index in [2.05, 4.69) is 28.5 Å². The van der Waals surface area contributed by atoms with Crippen molar-refractivity contribution in [1.82, 2.24) is 9.97 Å². The molecule has 0 saturated carbocycles. The summed E-state index contributed by atoms with van der Waals surface area (Å²) in [6.07, 6.45) is 5.14. The van der Waals surface area contributed by atoms with Crippen molar-refractivity contribution in [1.29, 1.82) is 0 Å². The Hall–Kier alpha value is -0.480. The van der Waals surface area contributed by atoms with Crippen LogP contribution in [0.5, 0.6) is 0 Å². The van der Waals surface area contributed by atoms with Gasteiger partial charge in [-0.25, -0.2) is 9.97 Å². The Balaban J connectivity index is 2.58. The monoisotopic (exact) mass is 217 g/mol. The normalized spacial score (nSPS) is 12.5. The molecule has 1 unspecified atom stereocenters. The number of aromatic nitrogens is 2. The molecule has 5 heteroatoms. The van der Waals surface area contributed by atoms with Crippen LogP contribution in [-0.4, -0.2) is 28.0 Å². The van der Waals surface area contributed by atoms with Crippen LogP contribution in [0.15, 0.2) is 12.5 Å². The van der Waals surface area contributed by atoms with Gasteiger partial charge in [0.1, 0.15) is 17.2 Å². The van der Waals surface area contributed by atoms with Crippen LogP contribution in [0.1, 0.15) is 6.92 Å². The van der Waals surface area contributed by atoms with Gasteiger partial charge in [-0.3, -0.25) is 0 Å². The summed E-state index contributed by atoms with van der Waals surface area (Å²) in [6, 6.07) is 0.363. The van der Waals surface area contributed by atoms with E-state index >= 15 is 0 Å². The predicted molar refractivity (Wildman–Crippen MR) is 58.5 cm³/mol. The lowest BCUT2D eigenvalue weighted by Crippen LogP contribution is -2.18. The zero-order chi connectivity index (χ0) is 9.68.